The van der Waals surface area contributed by atoms with E-state index < -0.39 is 0 Å². The molecule has 0 aliphatic rings. The van der Waals surface area contributed by atoms with Gasteiger partial charge in [-0.05, 0) is 30.0 Å². The Morgan fingerprint density at radius 3 is 2.41 bits per heavy atom. The van der Waals surface area contributed by atoms with Crippen molar-refractivity contribution >= 4 is 17.0 Å². The highest BCUT2D eigenvalue weighted by Gasteiger charge is 2.13. The lowest BCUT2D eigenvalue weighted by atomic mass is 10.1. The van der Waals surface area contributed by atoms with Crippen LogP contribution < -0.4 is 5.73 Å². The predicted octanol–water partition coefficient (Wildman–Crippen LogP) is 3.74. The molecule has 0 saturated heterocycles. The van der Waals surface area contributed by atoms with Crippen LogP contribution in [-0.4, -0.2) is 0 Å². The third kappa shape index (κ3) is 2.04. The Morgan fingerprint density at radius 1 is 1.29 bits per heavy atom. The topological polar surface area (TPSA) is 49.8 Å². The molecule has 1 aromatic carbocycles. The number of benzene rings is 1. The third-order valence-electron chi connectivity index (χ3n) is 2.92. The quantitative estimate of drug-likeness (QED) is 0.872. The molecule has 1 aromatic heterocycles. The molecule has 0 aliphatic carbocycles. The second-order valence-electron chi connectivity index (χ2n) is 3.96. The van der Waals surface area contributed by atoms with Gasteiger partial charge in [-0.1, -0.05) is 31.2 Å². The Hall–Kier alpha value is -1.79. The lowest BCUT2D eigenvalue weighted by Crippen LogP contribution is -1.87. The molecule has 0 fully saturated rings. The summed E-state index contributed by atoms with van der Waals surface area (Å²) in [4.78, 5) is 1.71. The smallest absolute Gasteiger partial charge is 0.128 e. The minimum Gasteiger partial charge on any atom is -0.397 e. The first-order valence-corrected chi connectivity index (χ1v) is 6.37. The van der Waals surface area contributed by atoms with Crippen molar-refractivity contribution < 1.29 is 0 Å². The Balaban J connectivity index is 2.50. The van der Waals surface area contributed by atoms with Gasteiger partial charge in [-0.2, -0.15) is 5.26 Å². The van der Waals surface area contributed by atoms with Crippen LogP contribution in [0.5, 0.6) is 0 Å². The zero-order chi connectivity index (χ0) is 12.4. The van der Waals surface area contributed by atoms with Crippen molar-refractivity contribution in [2.24, 2.45) is 0 Å². The molecule has 86 valence electrons. The van der Waals surface area contributed by atoms with E-state index in [2.05, 4.69) is 37.3 Å². The fraction of sp³-hybridized carbons (Fsp3) is 0.214. The van der Waals surface area contributed by atoms with E-state index >= 15 is 0 Å². The summed E-state index contributed by atoms with van der Waals surface area (Å²) >= 11 is 1.47. The summed E-state index contributed by atoms with van der Waals surface area (Å²) in [5, 5.41) is 8.97. The molecule has 0 radical (unpaired) electrons. The zero-order valence-electron chi connectivity index (χ0n) is 9.95. The van der Waals surface area contributed by atoms with Gasteiger partial charge >= 0.3 is 0 Å². The number of anilines is 1. The molecule has 2 N–H and O–H groups in total. The minimum atomic E-state index is 0.608. The van der Waals surface area contributed by atoms with Gasteiger partial charge in [0.25, 0.3) is 0 Å². The molecule has 17 heavy (non-hydrogen) atoms. The summed E-state index contributed by atoms with van der Waals surface area (Å²) in [6, 6.07) is 10.6. The molecule has 0 saturated carbocycles. The second-order valence-corrected chi connectivity index (χ2v) is 4.98. The summed E-state index contributed by atoms with van der Waals surface area (Å²) < 4.78 is 0. The van der Waals surface area contributed by atoms with Crippen LogP contribution in [0.25, 0.3) is 10.4 Å². The Labute approximate surface area is 105 Å². The average molecular weight is 242 g/mol. The van der Waals surface area contributed by atoms with E-state index in [0.717, 1.165) is 22.4 Å². The SMILES string of the molecule is CCc1ccc(-c2sc(C#N)c(N)c2C)cc1. The standard InChI is InChI=1S/C14H14N2S/c1-3-10-4-6-11(7-5-10)14-9(2)13(16)12(8-15)17-14/h4-7H,3,16H2,1-2H3. The molecule has 1 heterocycles. The van der Waals surface area contributed by atoms with E-state index in [1.807, 2.05) is 6.92 Å². The first-order valence-electron chi connectivity index (χ1n) is 5.55. The van der Waals surface area contributed by atoms with E-state index in [0.29, 0.717) is 10.6 Å². The van der Waals surface area contributed by atoms with Gasteiger partial charge < -0.3 is 5.73 Å². The summed E-state index contributed by atoms with van der Waals surface area (Å²) in [5.41, 5.74) is 9.98. The second kappa shape index (κ2) is 4.60. The molecular weight excluding hydrogens is 228 g/mol. The van der Waals surface area contributed by atoms with Gasteiger partial charge in [-0.25, -0.2) is 0 Å². The average Bonchev–Trinajstić information content (AvgIpc) is 2.66. The van der Waals surface area contributed by atoms with Crippen LogP contribution in [0.1, 0.15) is 22.9 Å². The lowest BCUT2D eigenvalue weighted by Gasteiger charge is -2.02. The highest BCUT2D eigenvalue weighted by Crippen LogP contribution is 2.37. The maximum absolute atomic E-state index is 8.97. The first kappa shape index (κ1) is 11.7. The fourth-order valence-corrected chi connectivity index (χ4v) is 2.81. The van der Waals surface area contributed by atoms with E-state index in [4.69, 9.17) is 11.0 Å². The van der Waals surface area contributed by atoms with E-state index in [9.17, 15) is 0 Å². The van der Waals surface area contributed by atoms with E-state index in [1.54, 1.807) is 0 Å². The van der Waals surface area contributed by atoms with Gasteiger partial charge in [0.1, 0.15) is 10.9 Å². The third-order valence-corrected chi connectivity index (χ3v) is 4.18. The van der Waals surface area contributed by atoms with Crippen molar-refractivity contribution in [3.05, 3.63) is 40.3 Å². The zero-order valence-corrected chi connectivity index (χ0v) is 10.8. The maximum Gasteiger partial charge on any atom is 0.128 e. The Kier molecular flexibility index (Phi) is 3.16. The normalized spacial score (nSPS) is 10.2. The van der Waals surface area contributed by atoms with Gasteiger partial charge in [-0.3, -0.25) is 0 Å². The van der Waals surface area contributed by atoms with Crippen molar-refractivity contribution in [1.82, 2.24) is 0 Å². The molecule has 3 heteroatoms. The molecule has 0 spiro atoms. The molecular formula is C14H14N2S. The number of nitriles is 1. The highest BCUT2D eigenvalue weighted by molar-refractivity contribution is 7.16. The molecule has 0 aliphatic heterocycles. The van der Waals surface area contributed by atoms with Crippen molar-refractivity contribution in [3.63, 3.8) is 0 Å². The number of nitrogens with two attached hydrogens (primary N) is 1. The monoisotopic (exact) mass is 242 g/mol. The molecule has 2 aromatic rings. The number of rotatable bonds is 2. The van der Waals surface area contributed by atoms with E-state index in [-0.39, 0.29) is 0 Å². The number of hydrogen-bond acceptors (Lipinski definition) is 3. The predicted molar refractivity (Wildman–Crippen MR) is 73.0 cm³/mol. The van der Waals surface area contributed by atoms with E-state index in [1.165, 1.54) is 16.9 Å². The van der Waals surface area contributed by atoms with Gasteiger partial charge in [0.15, 0.2) is 0 Å². The molecule has 0 unspecified atom stereocenters. The summed E-state index contributed by atoms with van der Waals surface area (Å²) in [6.45, 7) is 4.10. The highest BCUT2D eigenvalue weighted by atomic mass is 32.1. The van der Waals surface area contributed by atoms with Crippen LogP contribution in [0.15, 0.2) is 24.3 Å². The number of thiophene rings is 1. The van der Waals surface area contributed by atoms with Gasteiger partial charge in [0.05, 0.1) is 5.69 Å². The van der Waals surface area contributed by atoms with Crippen LogP contribution in [0, 0.1) is 18.3 Å². The molecule has 0 amide bonds. The van der Waals surface area contributed by atoms with Gasteiger partial charge in [0, 0.05) is 4.88 Å². The Bertz CT molecular complexity index is 574. The number of aryl methyl sites for hydroxylation is 1. The van der Waals surface area contributed by atoms with Crippen LogP contribution in [0.3, 0.4) is 0 Å². The minimum absolute atomic E-state index is 0.608. The molecule has 0 atom stereocenters. The molecule has 0 bridgehead atoms. The summed E-state index contributed by atoms with van der Waals surface area (Å²) in [7, 11) is 0. The number of nitrogens with zero attached hydrogens (tertiary/aromatic N) is 1. The van der Waals surface area contributed by atoms with Crippen LogP contribution >= 0.6 is 11.3 Å². The fourth-order valence-electron chi connectivity index (χ4n) is 1.78. The largest absolute Gasteiger partial charge is 0.397 e. The summed E-state index contributed by atoms with van der Waals surface area (Å²) in [5.74, 6) is 0. The van der Waals surface area contributed by atoms with Crippen molar-refractivity contribution in [2.75, 3.05) is 5.73 Å². The number of nitrogen functional groups attached to an aromatic ring is 1. The Morgan fingerprint density at radius 2 is 1.94 bits per heavy atom. The van der Waals surface area contributed by atoms with Crippen molar-refractivity contribution in [1.29, 1.82) is 5.26 Å². The summed E-state index contributed by atoms with van der Waals surface area (Å²) in [6.07, 6.45) is 1.04. The molecule has 2 nitrogen and oxygen atoms in total. The number of hydrogen-bond donors (Lipinski definition) is 1. The maximum atomic E-state index is 8.97. The lowest BCUT2D eigenvalue weighted by molar-refractivity contribution is 1.14. The van der Waals surface area contributed by atoms with Crippen LogP contribution in [0.2, 0.25) is 0 Å². The van der Waals surface area contributed by atoms with Crippen molar-refractivity contribution in [3.8, 4) is 16.5 Å². The van der Waals surface area contributed by atoms with Crippen molar-refractivity contribution in [2.45, 2.75) is 20.3 Å². The van der Waals surface area contributed by atoms with Gasteiger partial charge in [-0.15, -0.1) is 11.3 Å². The van der Waals surface area contributed by atoms with Crippen LogP contribution in [0.4, 0.5) is 5.69 Å². The van der Waals surface area contributed by atoms with Crippen LogP contribution in [-0.2, 0) is 6.42 Å². The van der Waals surface area contributed by atoms with Gasteiger partial charge in [0.2, 0.25) is 0 Å². The first-order chi connectivity index (χ1) is 8.17. The molecule has 2 rings (SSSR count).